The molecule has 3 aromatic carbocycles. The van der Waals surface area contributed by atoms with Gasteiger partial charge >= 0.3 is 0 Å². The second-order valence-corrected chi connectivity index (χ2v) is 5.87. The fraction of sp³-hybridized carbons (Fsp3) is 0. The van der Waals surface area contributed by atoms with Crippen molar-refractivity contribution in [3.8, 4) is 34.5 Å². The summed E-state index contributed by atoms with van der Waals surface area (Å²) in [5.74, 6) is -7.39. The molecule has 0 heterocycles. The van der Waals surface area contributed by atoms with E-state index in [4.69, 9.17) is 0 Å². The lowest BCUT2D eigenvalue weighted by Crippen LogP contribution is -2.07. The van der Waals surface area contributed by atoms with Crippen molar-refractivity contribution >= 4 is 11.6 Å². The van der Waals surface area contributed by atoms with Crippen LogP contribution in [0.3, 0.4) is 0 Å². The molecule has 3 rings (SSSR count). The summed E-state index contributed by atoms with van der Waals surface area (Å²) in [6, 6.07) is 10.5. The largest absolute Gasteiger partial charge is 0.504 e. The molecule has 0 amide bonds. The van der Waals surface area contributed by atoms with E-state index in [2.05, 4.69) is 0 Å². The number of ketones is 2. The zero-order valence-corrected chi connectivity index (χ0v) is 14.1. The number of carbonyl (C=O) groups excluding carboxylic acids is 2. The van der Waals surface area contributed by atoms with Crippen LogP contribution in [0.15, 0.2) is 48.5 Å². The van der Waals surface area contributed by atoms with Gasteiger partial charge in [-0.25, -0.2) is 0 Å². The Labute approximate surface area is 157 Å². The van der Waals surface area contributed by atoms with Gasteiger partial charge in [0.05, 0.1) is 16.7 Å². The minimum Gasteiger partial charge on any atom is -0.504 e. The molecule has 3 aromatic rings. The summed E-state index contributed by atoms with van der Waals surface area (Å²) in [6.07, 6.45) is 0. The third-order valence-corrected chi connectivity index (χ3v) is 4.15. The predicted octanol–water partition coefficient (Wildman–Crippen LogP) is 2.38. The molecule has 0 bridgehead atoms. The molecule has 6 N–H and O–H groups in total. The maximum absolute atomic E-state index is 12.7. The highest BCUT2D eigenvalue weighted by Gasteiger charge is 2.28. The minimum atomic E-state index is -1.09. The smallest absolute Gasteiger partial charge is 0.201 e. The number of hydrogen-bond donors (Lipinski definition) is 6. The highest BCUT2D eigenvalue weighted by atomic mass is 16.3. The van der Waals surface area contributed by atoms with Crippen LogP contribution in [0.1, 0.15) is 31.8 Å². The van der Waals surface area contributed by atoms with E-state index >= 15 is 0 Å². The van der Waals surface area contributed by atoms with Crippen molar-refractivity contribution in [1.29, 1.82) is 0 Å². The first-order valence-electron chi connectivity index (χ1n) is 7.90. The number of benzene rings is 3. The molecule has 0 saturated heterocycles. The Morgan fingerprint density at radius 3 is 1.68 bits per heavy atom. The van der Waals surface area contributed by atoms with E-state index in [1.54, 1.807) is 18.2 Å². The molecular weight excluding hydrogens is 368 g/mol. The molecule has 8 nitrogen and oxygen atoms in total. The molecule has 0 aromatic heterocycles. The van der Waals surface area contributed by atoms with Crippen LogP contribution in [0.25, 0.3) is 0 Å². The monoisotopic (exact) mass is 382 g/mol. The first-order valence-corrected chi connectivity index (χ1v) is 7.90. The van der Waals surface area contributed by atoms with E-state index in [0.717, 1.165) is 18.2 Å². The molecule has 8 heteroatoms. The molecule has 0 radical (unpaired) electrons. The van der Waals surface area contributed by atoms with Crippen molar-refractivity contribution in [3.05, 3.63) is 70.8 Å². The third-order valence-electron chi connectivity index (χ3n) is 4.15. The highest BCUT2D eigenvalue weighted by Crippen LogP contribution is 2.44. The zero-order valence-electron chi connectivity index (χ0n) is 14.1. The average molecular weight is 382 g/mol. The Bertz CT molecular complexity index is 1100. The molecule has 0 atom stereocenters. The van der Waals surface area contributed by atoms with E-state index in [1.165, 1.54) is 12.1 Å². The maximum Gasteiger partial charge on any atom is 0.201 e. The van der Waals surface area contributed by atoms with Crippen LogP contribution >= 0.6 is 0 Å². The Morgan fingerprint density at radius 2 is 1.07 bits per heavy atom. The van der Waals surface area contributed by atoms with Gasteiger partial charge in [-0.1, -0.05) is 30.3 Å². The fourth-order valence-electron chi connectivity index (χ4n) is 2.64. The maximum atomic E-state index is 12.7. The molecule has 0 aliphatic heterocycles. The second-order valence-electron chi connectivity index (χ2n) is 5.87. The van der Waals surface area contributed by atoms with Crippen LogP contribution in [-0.2, 0) is 0 Å². The van der Waals surface area contributed by atoms with Crippen molar-refractivity contribution < 1.29 is 40.2 Å². The molecule has 142 valence electrons. The standard InChI is InChI=1S/C20H14O8/c21-13-7-6-10(16(24)19(13)27)15(23)12-8-11(17(25)20(28)18(12)26)14(22)9-4-2-1-3-5-9/h1-8,21,24-28H. The lowest BCUT2D eigenvalue weighted by Gasteiger charge is -2.13. The van der Waals surface area contributed by atoms with Gasteiger partial charge < -0.3 is 30.6 Å². The number of hydrogen-bond acceptors (Lipinski definition) is 8. The summed E-state index contributed by atoms with van der Waals surface area (Å²) in [6.45, 7) is 0. The third kappa shape index (κ3) is 2.92. The molecule has 0 aliphatic rings. The van der Waals surface area contributed by atoms with E-state index in [-0.39, 0.29) is 5.56 Å². The zero-order chi connectivity index (χ0) is 20.6. The van der Waals surface area contributed by atoms with Crippen LogP contribution in [0.4, 0.5) is 0 Å². The Morgan fingerprint density at radius 1 is 0.536 bits per heavy atom. The van der Waals surface area contributed by atoms with E-state index in [0.29, 0.717) is 0 Å². The molecular formula is C20H14O8. The molecule has 0 aliphatic carbocycles. The molecule has 28 heavy (non-hydrogen) atoms. The van der Waals surface area contributed by atoms with E-state index in [9.17, 15) is 40.2 Å². The van der Waals surface area contributed by atoms with Crippen molar-refractivity contribution in [1.82, 2.24) is 0 Å². The summed E-state index contributed by atoms with van der Waals surface area (Å²) in [5.41, 5.74) is -1.40. The number of carbonyl (C=O) groups is 2. The van der Waals surface area contributed by atoms with Gasteiger partial charge in [0.2, 0.25) is 17.3 Å². The number of rotatable bonds is 4. The summed E-state index contributed by atoms with van der Waals surface area (Å²) < 4.78 is 0. The van der Waals surface area contributed by atoms with Gasteiger partial charge in [0.15, 0.2) is 28.8 Å². The number of phenolic OH excluding ortho intramolecular Hbond substituents is 6. The summed E-state index contributed by atoms with van der Waals surface area (Å²) in [4.78, 5) is 25.3. The van der Waals surface area contributed by atoms with Crippen LogP contribution in [0.2, 0.25) is 0 Å². The van der Waals surface area contributed by atoms with Crippen molar-refractivity contribution in [3.63, 3.8) is 0 Å². The topological polar surface area (TPSA) is 156 Å². The number of aromatic hydroxyl groups is 6. The predicted molar refractivity (Wildman–Crippen MR) is 96.2 cm³/mol. The van der Waals surface area contributed by atoms with Gasteiger partial charge in [-0.2, -0.15) is 0 Å². The fourth-order valence-corrected chi connectivity index (χ4v) is 2.64. The molecule has 0 unspecified atom stereocenters. The van der Waals surface area contributed by atoms with Crippen molar-refractivity contribution in [2.45, 2.75) is 0 Å². The summed E-state index contributed by atoms with van der Waals surface area (Å²) in [5, 5.41) is 58.9. The van der Waals surface area contributed by atoms with Crippen LogP contribution in [-0.4, -0.2) is 42.2 Å². The Hall–Kier alpha value is -4.20. The normalized spacial score (nSPS) is 10.6. The van der Waals surface area contributed by atoms with Gasteiger partial charge in [-0.3, -0.25) is 9.59 Å². The Balaban J connectivity index is 2.17. The lowest BCUT2D eigenvalue weighted by molar-refractivity contribution is 0.103. The van der Waals surface area contributed by atoms with Gasteiger partial charge in [0.25, 0.3) is 0 Å². The molecule has 0 fully saturated rings. The van der Waals surface area contributed by atoms with Crippen LogP contribution in [0, 0.1) is 0 Å². The van der Waals surface area contributed by atoms with Gasteiger partial charge in [0.1, 0.15) is 0 Å². The summed E-state index contributed by atoms with van der Waals surface area (Å²) >= 11 is 0. The van der Waals surface area contributed by atoms with Gasteiger partial charge in [-0.05, 0) is 18.2 Å². The van der Waals surface area contributed by atoms with Crippen LogP contribution in [0.5, 0.6) is 34.5 Å². The lowest BCUT2D eigenvalue weighted by atomic mass is 9.94. The Kier molecular flexibility index (Phi) is 4.54. The molecule has 0 saturated carbocycles. The number of phenols is 6. The van der Waals surface area contributed by atoms with Gasteiger partial charge in [0, 0.05) is 5.56 Å². The second kappa shape index (κ2) is 6.84. The summed E-state index contributed by atoms with van der Waals surface area (Å²) in [7, 11) is 0. The van der Waals surface area contributed by atoms with Gasteiger partial charge in [-0.15, -0.1) is 0 Å². The quantitative estimate of drug-likeness (QED) is 0.297. The highest BCUT2D eigenvalue weighted by molar-refractivity contribution is 6.17. The van der Waals surface area contributed by atoms with Crippen molar-refractivity contribution in [2.75, 3.05) is 0 Å². The van der Waals surface area contributed by atoms with E-state index < -0.39 is 62.8 Å². The van der Waals surface area contributed by atoms with Crippen LogP contribution < -0.4 is 0 Å². The first kappa shape index (κ1) is 18.6. The average Bonchev–Trinajstić information content (AvgIpc) is 2.70. The molecule has 0 spiro atoms. The van der Waals surface area contributed by atoms with Crippen molar-refractivity contribution in [2.24, 2.45) is 0 Å². The van der Waals surface area contributed by atoms with E-state index in [1.807, 2.05) is 0 Å². The minimum absolute atomic E-state index is 0.159. The first-order chi connectivity index (χ1) is 13.2. The SMILES string of the molecule is O=C(c1ccccc1)c1cc(C(=O)c2ccc(O)c(O)c2O)c(O)c(O)c1O.